The van der Waals surface area contributed by atoms with Crippen LogP contribution in [0, 0.1) is 11.3 Å². The molecule has 0 bridgehead atoms. The zero-order valence-corrected chi connectivity index (χ0v) is 15.8. The molecule has 3 rings (SSSR count). The molecule has 0 amide bonds. The number of carbonyl (C=O) groups excluding carboxylic acids is 1. The van der Waals surface area contributed by atoms with Gasteiger partial charge in [0.25, 0.3) is 0 Å². The average Bonchev–Trinajstić information content (AvgIpc) is 2.78. The van der Waals surface area contributed by atoms with Gasteiger partial charge in [0.15, 0.2) is 5.78 Å². The van der Waals surface area contributed by atoms with E-state index in [4.69, 9.17) is 9.84 Å². The number of nitrogens with zero attached hydrogens (tertiary/aromatic N) is 1. The smallest absolute Gasteiger partial charge is 0.371 e. The van der Waals surface area contributed by atoms with Gasteiger partial charge < -0.3 is 14.9 Å². The molecule has 0 aliphatic carbocycles. The summed E-state index contributed by atoms with van der Waals surface area (Å²) in [5.74, 6) is -2.91. The Bertz CT molecular complexity index is 1160. The van der Waals surface area contributed by atoms with E-state index in [1.54, 1.807) is 18.2 Å². The van der Waals surface area contributed by atoms with Crippen molar-refractivity contribution in [3.63, 3.8) is 0 Å². The van der Waals surface area contributed by atoms with Crippen LogP contribution >= 0.6 is 0 Å². The lowest BCUT2D eigenvalue weighted by Gasteiger charge is -2.11. The molecule has 6 heteroatoms. The van der Waals surface area contributed by atoms with Gasteiger partial charge in [-0.3, -0.25) is 4.79 Å². The van der Waals surface area contributed by atoms with Gasteiger partial charge in [0.05, 0.1) is 11.6 Å². The topological polar surface area (TPSA) is 108 Å². The minimum atomic E-state index is -1.59. The van der Waals surface area contributed by atoms with Gasteiger partial charge in [-0.1, -0.05) is 48.5 Å². The number of carboxylic acids is 1. The molecule has 0 unspecified atom stereocenters. The van der Waals surface area contributed by atoms with E-state index in [-0.39, 0.29) is 12.2 Å². The number of hydrogen-bond donors (Lipinski definition) is 2. The fraction of sp³-hybridized carbons (Fsp3) is 0.0417. The number of ketones is 1. The summed E-state index contributed by atoms with van der Waals surface area (Å²) < 4.78 is 5.77. The summed E-state index contributed by atoms with van der Waals surface area (Å²) in [5, 5.41) is 27.3. The van der Waals surface area contributed by atoms with Crippen molar-refractivity contribution in [2.75, 3.05) is 0 Å². The van der Waals surface area contributed by atoms with Crippen molar-refractivity contribution in [3.05, 3.63) is 101 Å². The summed E-state index contributed by atoms with van der Waals surface area (Å²) in [6.07, 6.45) is 0.637. The Morgan fingerprint density at radius 3 is 2.40 bits per heavy atom. The molecule has 0 spiro atoms. The van der Waals surface area contributed by atoms with Crippen LogP contribution in [0.2, 0.25) is 0 Å². The van der Waals surface area contributed by atoms with Crippen LogP contribution in [0.25, 0.3) is 11.1 Å². The van der Waals surface area contributed by atoms with Gasteiger partial charge in [-0.15, -0.1) is 0 Å². The second-order valence-corrected chi connectivity index (χ2v) is 6.37. The lowest BCUT2D eigenvalue weighted by atomic mass is 10.00. The molecule has 0 aliphatic heterocycles. The first-order valence-corrected chi connectivity index (χ1v) is 8.97. The summed E-state index contributed by atoms with van der Waals surface area (Å²) in [6.45, 7) is 0.109. The molecule has 0 saturated carbocycles. The van der Waals surface area contributed by atoms with Crippen molar-refractivity contribution in [1.29, 1.82) is 5.26 Å². The van der Waals surface area contributed by atoms with Crippen molar-refractivity contribution in [2.45, 2.75) is 6.61 Å². The number of aliphatic hydroxyl groups excluding tert-OH is 1. The van der Waals surface area contributed by atoms with Crippen LogP contribution < -0.4 is 4.74 Å². The Labute approximate surface area is 172 Å². The molecule has 6 nitrogen and oxygen atoms in total. The highest BCUT2D eigenvalue weighted by Gasteiger charge is 2.11. The third kappa shape index (κ3) is 4.91. The lowest BCUT2D eigenvalue weighted by Crippen LogP contribution is -2.04. The van der Waals surface area contributed by atoms with E-state index in [1.807, 2.05) is 42.5 Å². The molecule has 2 N–H and O–H groups in total. The number of aliphatic carboxylic acids is 1. The molecule has 0 radical (unpaired) electrons. The van der Waals surface area contributed by atoms with E-state index in [0.717, 1.165) is 11.1 Å². The molecule has 0 fully saturated rings. The number of ether oxygens (including phenoxy) is 1. The van der Waals surface area contributed by atoms with Crippen molar-refractivity contribution in [2.24, 2.45) is 0 Å². The summed E-state index contributed by atoms with van der Waals surface area (Å²) in [7, 11) is 0. The lowest BCUT2D eigenvalue weighted by molar-refractivity contribution is -0.135. The zero-order chi connectivity index (χ0) is 21.5. The molecule has 3 aromatic carbocycles. The standard InChI is InChI=1S/C24H17NO5/c25-14-19-10-9-17(16-5-2-1-3-6-16)11-20(19)15-30-21-8-4-7-18(12-21)22(26)13-23(27)24(28)29/h1-13,27H,15H2,(H,28,29)/b23-13-. The first kappa shape index (κ1) is 20.4. The minimum Gasteiger partial charge on any atom is -0.502 e. The van der Waals surface area contributed by atoms with Crippen molar-refractivity contribution in [1.82, 2.24) is 0 Å². The molecule has 148 valence electrons. The normalized spacial score (nSPS) is 10.8. The van der Waals surface area contributed by atoms with Crippen molar-refractivity contribution < 1.29 is 24.5 Å². The molecule has 0 aliphatic rings. The van der Waals surface area contributed by atoms with Crippen molar-refractivity contribution >= 4 is 11.8 Å². The van der Waals surface area contributed by atoms with Crippen LogP contribution in [0.15, 0.2) is 84.6 Å². The van der Waals surface area contributed by atoms with Gasteiger partial charge in [0.2, 0.25) is 5.76 Å². The summed E-state index contributed by atoms with van der Waals surface area (Å²) in [4.78, 5) is 22.8. The number of allylic oxidation sites excluding steroid dienone is 1. The van der Waals surface area contributed by atoms with Crippen LogP contribution in [-0.2, 0) is 11.4 Å². The van der Waals surface area contributed by atoms with Crippen LogP contribution in [0.5, 0.6) is 5.75 Å². The predicted octanol–water partition coefficient (Wildman–Crippen LogP) is 4.51. The van der Waals surface area contributed by atoms with Gasteiger partial charge in [-0.05, 0) is 35.4 Å². The molecule has 0 heterocycles. The maximum atomic E-state index is 12.1. The Morgan fingerprint density at radius 1 is 0.933 bits per heavy atom. The van der Waals surface area contributed by atoms with Gasteiger partial charge in [-0.2, -0.15) is 5.26 Å². The van der Waals surface area contributed by atoms with Gasteiger partial charge in [0, 0.05) is 17.2 Å². The minimum absolute atomic E-state index is 0.109. The van der Waals surface area contributed by atoms with Crippen LogP contribution in [0.4, 0.5) is 0 Å². The molecule has 3 aromatic rings. The van der Waals surface area contributed by atoms with E-state index in [2.05, 4.69) is 6.07 Å². The molecule has 0 saturated heterocycles. The second-order valence-electron chi connectivity index (χ2n) is 6.37. The van der Waals surface area contributed by atoms with E-state index in [9.17, 15) is 20.0 Å². The number of carbonyl (C=O) groups is 2. The fourth-order valence-electron chi connectivity index (χ4n) is 2.80. The Kier molecular flexibility index (Phi) is 6.26. The summed E-state index contributed by atoms with van der Waals surface area (Å²) in [6, 6.07) is 23.5. The van der Waals surface area contributed by atoms with E-state index >= 15 is 0 Å². The number of carboxylic acid groups (broad SMARTS) is 1. The summed E-state index contributed by atoms with van der Waals surface area (Å²) >= 11 is 0. The highest BCUT2D eigenvalue weighted by Crippen LogP contribution is 2.24. The predicted molar refractivity (Wildman–Crippen MR) is 110 cm³/mol. The molecule has 0 atom stereocenters. The number of aliphatic hydroxyl groups is 1. The average molecular weight is 399 g/mol. The molecular formula is C24H17NO5. The number of nitriles is 1. The highest BCUT2D eigenvalue weighted by atomic mass is 16.5. The van der Waals surface area contributed by atoms with E-state index in [1.165, 1.54) is 12.1 Å². The number of hydrogen-bond acceptors (Lipinski definition) is 5. The maximum Gasteiger partial charge on any atom is 0.371 e. The third-order valence-electron chi connectivity index (χ3n) is 4.33. The maximum absolute atomic E-state index is 12.1. The van der Waals surface area contributed by atoms with Gasteiger partial charge in [-0.25, -0.2) is 4.79 Å². The Hall–Kier alpha value is -4.37. The largest absolute Gasteiger partial charge is 0.502 e. The van der Waals surface area contributed by atoms with Gasteiger partial charge in [0.1, 0.15) is 12.4 Å². The second kappa shape index (κ2) is 9.22. The fourth-order valence-corrected chi connectivity index (χ4v) is 2.80. The van der Waals surface area contributed by atoms with E-state index < -0.39 is 17.5 Å². The first-order chi connectivity index (χ1) is 14.5. The zero-order valence-electron chi connectivity index (χ0n) is 15.8. The van der Waals surface area contributed by atoms with Crippen LogP contribution in [-0.4, -0.2) is 22.0 Å². The summed E-state index contributed by atoms with van der Waals surface area (Å²) in [5.41, 5.74) is 3.31. The van der Waals surface area contributed by atoms with Gasteiger partial charge >= 0.3 is 5.97 Å². The number of rotatable bonds is 7. The highest BCUT2D eigenvalue weighted by molar-refractivity contribution is 6.07. The molecule has 0 aromatic heterocycles. The third-order valence-corrected chi connectivity index (χ3v) is 4.33. The van der Waals surface area contributed by atoms with Crippen molar-refractivity contribution in [3.8, 4) is 22.9 Å². The molecular weight excluding hydrogens is 382 g/mol. The van der Waals surface area contributed by atoms with Crippen LogP contribution in [0.3, 0.4) is 0 Å². The molecule has 30 heavy (non-hydrogen) atoms. The Balaban J connectivity index is 1.80. The quantitative estimate of drug-likeness (QED) is 0.344. The Morgan fingerprint density at radius 2 is 1.70 bits per heavy atom. The monoisotopic (exact) mass is 399 g/mol. The van der Waals surface area contributed by atoms with E-state index in [0.29, 0.717) is 23.0 Å². The number of benzene rings is 3. The van der Waals surface area contributed by atoms with Crippen LogP contribution in [0.1, 0.15) is 21.5 Å². The SMILES string of the molecule is N#Cc1ccc(-c2ccccc2)cc1COc1cccc(C(=O)/C=C(\O)C(=O)O)c1. The first-order valence-electron chi connectivity index (χ1n) is 8.97.